The first-order valence-electron chi connectivity index (χ1n) is 13.4. The third kappa shape index (κ3) is 5.65. The van der Waals surface area contributed by atoms with Crippen LogP contribution in [0.2, 0.25) is 0 Å². The number of fused-ring (bicyclic) bond motifs is 2. The molecule has 1 fully saturated rings. The van der Waals surface area contributed by atoms with Crippen LogP contribution in [0.25, 0.3) is 0 Å². The van der Waals surface area contributed by atoms with Crippen LogP contribution in [0.3, 0.4) is 0 Å². The van der Waals surface area contributed by atoms with Gasteiger partial charge in [-0.15, -0.1) is 0 Å². The number of rotatable bonds is 6. The number of likely N-dealkylation sites (tertiary alicyclic amines) is 1. The molecule has 3 aliphatic heterocycles. The van der Waals surface area contributed by atoms with Crippen LogP contribution in [0.15, 0.2) is 72.8 Å². The number of hydrogen-bond acceptors (Lipinski definition) is 5. The smallest absolute Gasteiger partial charge is 0.264 e. The zero-order valence-electron chi connectivity index (χ0n) is 21.2. The number of carbonyl (C=O) groups is 1. The molecular formula is C31H34N2O4. The molecule has 3 heterocycles. The van der Waals surface area contributed by atoms with Crippen LogP contribution in [0.5, 0.6) is 11.5 Å². The first-order valence-corrected chi connectivity index (χ1v) is 13.4. The molecule has 3 aliphatic rings. The first-order chi connectivity index (χ1) is 18.2. The van der Waals surface area contributed by atoms with Gasteiger partial charge < -0.3 is 19.1 Å². The molecule has 1 atom stereocenters. The Hall–Kier alpha value is -3.35. The van der Waals surface area contributed by atoms with E-state index in [0.29, 0.717) is 38.8 Å². The van der Waals surface area contributed by atoms with Crippen molar-refractivity contribution < 1.29 is 19.0 Å². The number of hydrogen-bond donors (Lipinski definition) is 0. The van der Waals surface area contributed by atoms with Gasteiger partial charge in [-0.2, -0.15) is 0 Å². The number of benzene rings is 3. The molecule has 0 radical (unpaired) electrons. The Labute approximate surface area is 218 Å². The number of ether oxygens (including phenoxy) is 3. The van der Waals surface area contributed by atoms with Gasteiger partial charge in [-0.3, -0.25) is 9.69 Å². The third-order valence-electron chi connectivity index (χ3n) is 7.61. The summed E-state index contributed by atoms with van der Waals surface area (Å²) >= 11 is 0. The molecule has 3 aromatic carbocycles. The van der Waals surface area contributed by atoms with Crippen molar-refractivity contribution in [1.29, 1.82) is 0 Å². The highest BCUT2D eigenvalue weighted by Crippen LogP contribution is 2.31. The second-order valence-corrected chi connectivity index (χ2v) is 10.2. The molecule has 6 heteroatoms. The maximum absolute atomic E-state index is 13.3. The molecule has 0 N–H and O–H groups in total. The molecule has 192 valence electrons. The van der Waals surface area contributed by atoms with E-state index >= 15 is 0 Å². The zero-order chi connectivity index (χ0) is 25.0. The Bertz CT molecular complexity index is 1200. The van der Waals surface area contributed by atoms with Gasteiger partial charge in [0, 0.05) is 38.2 Å². The second kappa shape index (κ2) is 11.0. The van der Waals surface area contributed by atoms with Gasteiger partial charge in [0.1, 0.15) is 18.1 Å². The minimum absolute atomic E-state index is 0.0376. The molecule has 37 heavy (non-hydrogen) atoms. The molecule has 0 saturated carbocycles. The summed E-state index contributed by atoms with van der Waals surface area (Å²) in [7, 11) is 0. The summed E-state index contributed by atoms with van der Waals surface area (Å²) in [5, 5.41) is 0. The Balaban J connectivity index is 1.04. The average Bonchev–Trinajstić information content (AvgIpc) is 3.26. The summed E-state index contributed by atoms with van der Waals surface area (Å²) in [6.45, 7) is 5.24. The lowest BCUT2D eigenvalue weighted by Gasteiger charge is -2.32. The standard InChI is InChI=1S/C31H34N2O4/c34-31(30-19-25-8-4-5-9-29(25)37-30)33-16-17-35-28-11-10-24(18-26(28)21-33)20-32-14-12-27(13-15-32)36-22-23-6-2-1-3-7-23/h1-11,18,27,30H,12-17,19-22H2/t30-/m1/s1. The molecular weight excluding hydrogens is 464 g/mol. The number of amides is 1. The van der Waals surface area contributed by atoms with Crippen LogP contribution >= 0.6 is 0 Å². The Morgan fingerprint density at radius 2 is 1.68 bits per heavy atom. The van der Waals surface area contributed by atoms with E-state index < -0.39 is 6.10 Å². The molecule has 6 nitrogen and oxygen atoms in total. The molecule has 0 aliphatic carbocycles. The Morgan fingerprint density at radius 1 is 0.865 bits per heavy atom. The van der Waals surface area contributed by atoms with Crippen molar-refractivity contribution in [2.24, 2.45) is 0 Å². The van der Waals surface area contributed by atoms with Crippen molar-refractivity contribution in [3.8, 4) is 11.5 Å². The molecule has 3 aromatic rings. The molecule has 1 saturated heterocycles. The summed E-state index contributed by atoms with van der Waals surface area (Å²) in [5.41, 5.74) is 4.65. The van der Waals surface area contributed by atoms with E-state index in [2.05, 4.69) is 47.4 Å². The molecule has 6 rings (SSSR count). The van der Waals surface area contributed by atoms with Gasteiger partial charge in [-0.05, 0) is 47.7 Å². The third-order valence-corrected chi connectivity index (χ3v) is 7.61. The van der Waals surface area contributed by atoms with E-state index in [1.54, 1.807) is 0 Å². The lowest BCUT2D eigenvalue weighted by atomic mass is 10.0. The van der Waals surface area contributed by atoms with Crippen molar-refractivity contribution >= 4 is 5.91 Å². The van der Waals surface area contributed by atoms with E-state index in [4.69, 9.17) is 14.2 Å². The van der Waals surface area contributed by atoms with Gasteiger partial charge in [0.15, 0.2) is 6.10 Å². The summed E-state index contributed by atoms with van der Waals surface area (Å²) in [4.78, 5) is 17.7. The number of nitrogens with zero attached hydrogens (tertiary/aromatic N) is 2. The SMILES string of the molecule is O=C([C@H]1Cc2ccccc2O1)N1CCOc2ccc(CN3CCC(OCc4ccccc4)CC3)cc2C1. The van der Waals surface area contributed by atoms with Crippen LogP contribution in [-0.4, -0.2) is 54.2 Å². The van der Waals surface area contributed by atoms with Crippen LogP contribution in [0.4, 0.5) is 0 Å². The zero-order valence-corrected chi connectivity index (χ0v) is 21.2. The fraction of sp³-hybridized carbons (Fsp3) is 0.387. The fourth-order valence-corrected chi connectivity index (χ4v) is 5.54. The summed E-state index contributed by atoms with van der Waals surface area (Å²) in [6.07, 6.45) is 2.59. The van der Waals surface area contributed by atoms with Crippen LogP contribution in [0.1, 0.15) is 35.1 Å². The predicted octanol–water partition coefficient (Wildman–Crippen LogP) is 4.59. The van der Waals surface area contributed by atoms with Crippen molar-refractivity contribution in [2.45, 2.75) is 51.2 Å². The van der Waals surface area contributed by atoms with Crippen molar-refractivity contribution in [2.75, 3.05) is 26.2 Å². The van der Waals surface area contributed by atoms with Gasteiger partial charge in [0.2, 0.25) is 0 Å². The lowest BCUT2D eigenvalue weighted by molar-refractivity contribution is -0.138. The van der Waals surface area contributed by atoms with Crippen LogP contribution in [0, 0.1) is 0 Å². The number of piperidine rings is 1. The topological polar surface area (TPSA) is 51.2 Å². The average molecular weight is 499 g/mol. The van der Waals surface area contributed by atoms with Crippen LogP contribution in [-0.2, 0) is 35.6 Å². The summed E-state index contributed by atoms with van der Waals surface area (Å²) in [6, 6.07) is 24.7. The maximum Gasteiger partial charge on any atom is 0.264 e. The highest BCUT2D eigenvalue weighted by Gasteiger charge is 2.33. The first kappa shape index (κ1) is 24.0. The number of para-hydroxylation sites is 1. The van der Waals surface area contributed by atoms with Gasteiger partial charge in [0.25, 0.3) is 5.91 Å². The van der Waals surface area contributed by atoms with Crippen molar-refractivity contribution in [3.63, 3.8) is 0 Å². The van der Waals surface area contributed by atoms with Crippen LogP contribution < -0.4 is 9.47 Å². The van der Waals surface area contributed by atoms with Gasteiger partial charge in [0.05, 0.1) is 19.3 Å². The normalized spacial score (nSPS) is 19.9. The van der Waals surface area contributed by atoms with Crippen molar-refractivity contribution in [1.82, 2.24) is 9.80 Å². The molecule has 0 bridgehead atoms. The van der Waals surface area contributed by atoms with E-state index in [1.165, 1.54) is 11.1 Å². The van der Waals surface area contributed by atoms with Gasteiger partial charge in [-0.25, -0.2) is 0 Å². The lowest BCUT2D eigenvalue weighted by Crippen LogP contribution is -2.42. The highest BCUT2D eigenvalue weighted by molar-refractivity contribution is 5.82. The van der Waals surface area contributed by atoms with E-state index in [9.17, 15) is 4.79 Å². The van der Waals surface area contributed by atoms with E-state index in [1.807, 2.05) is 35.2 Å². The van der Waals surface area contributed by atoms with Crippen molar-refractivity contribution in [3.05, 3.63) is 95.1 Å². The largest absolute Gasteiger partial charge is 0.491 e. The number of carbonyl (C=O) groups excluding carboxylic acids is 1. The van der Waals surface area contributed by atoms with Gasteiger partial charge >= 0.3 is 0 Å². The minimum Gasteiger partial charge on any atom is -0.491 e. The molecule has 1 amide bonds. The molecule has 0 aromatic heterocycles. The monoisotopic (exact) mass is 498 g/mol. The summed E-state index contributed by atoms with van der Waals surface area (Å²) in [5.74, 6) is 1.74. The maximum atomic E-state index is 13.3. The Morgan fingerprint density at radius 3 is 2.51 bits per heavy atom. The van der Waals surface area contributed by atoms with E-state index in [0.717, 1.165) is 55.1 Å². The van der Waals surface area contributed by atoms with E-state index in [-0.39, 0.29) is 5.91 Å². The minimum atomic E-state index is -0.451. The highest BCUT2D eigenvalue weighted by atomic mass is 16.5. The Kier molecular flexibility index (Phi) is 7.11. The van der Waals surface area contributed by atoms with Gasteiger partial charge in [-0.1, -0.05) is 54.6 Å². The second-order valence-electron chi connectivity index (χ2n) is 10.2. The fourth-order valence-electron chi connectivity index (χ4n) is 5.54. The molecule has 0 unspecified atom stereocenters. The quantitative estimate of drug-likeness (QED) is 0.498. The summed E-state index contributed by atoms with van der Waals surface area (Å²) < 4.78 is 18.1. The predicted molar refractivity (Wildman–Crippen MR) is 141 cm³/mol. The molecule has 0 spiro atoms.